The Balaban J connectivity index is -0.000000321. The van der Waals surface area contributed by atoms with Crippen LogP contribution in [-0.4, -0.2) is 85.8 Å². The van der Waals surface area contributed by atoms with Gasteiger partial charge in [0.05, 0.1) is 13.2 Å². The summed E-state index contributed by atoms with van der Waals surface area (Å²) < 4.78 is 31.6. The quantitative estimate of drug-likeness (QED) is 0.221. The molecular weight excluding hydrogens is 278 g/mol. The maximum Gasteiger partial charge on any atom is 0.394 e. The Kier molecular flexibility index (Phi) is 13.3. The standard InChI is InChI=1S/C6H14O6.H3N.H2O4S/c7-1-3(9)5(11)6(12)4(10)2-8;;1-5(2,3)4/h3-12H,1-2H2;1H3;(H2,1,2,3,4)/t3-,4-,5-,6-;;/m1../s1. The maximum absolute atomic E-state index is 8.96. The molecule has 4 atom stereocenters. The minimum absolute atomic E-state index is 0. The van der Waals surface area contributed by atoms with Gasteiger partial charge in [-0.2, -0.15) is 8.42 Å². The van der Waals surface area contributed by atoms with Gasteiger partial charge < -0.3 is 36.8 Å². The first kappa shape index (κ1) is 22.7. The van der Waals surface area contributed by atoms with E-state index in [-0.39, 0.29) is 6.15 Å². The molecule has 0 spiro atoms. The molecular formula is C6H19NO10S. The first-order chi connectivity index (χ1) is 7.54. The first-order valence-corrected chi connectivity index (χ1v) is 5.58. The monoisotopic (exact) mass is 297 g/mol. The number of hydrogen-bond acceptors (Lipinski definition) is 9. The Morgan fingerprint density at radius 2 is 0.944 bits per heavy atom. The van der Waals surface area contributed by atoms with E-state index >= 15 is 0 Å². The van der Waals surface area contributed by atoms with Gasteiger partial charge in [-0.3, -0.25) is 9.11 Å². The Labute approximate surface area is 103 Å². The van der Waals surface area contributed by atoms with E-state index in [0.29, 0.717) is 0 Å². The molecule has 114 valence electrons. The van der Waals surface area contributed by atoms with Crippen LogP contribution < -0.4 is 6.15 Å². The van der Waals surface area contributed by atoms with Crippen molar-refractivity contribution in [1.29, 1.82) is 0 Å². The Morgan fingerprint density at radius 3 is 1.06 bits per heavy atom. The third-order valence-corrected chi connectivity index (χ3v) is 1.51. The highest BCUT2D eigenvalue weighted by Gasteiger charge is 2.29. The summed E-state index contributed by atoms with van der Waals surface area (Å²) in [7, 11) is -4.67. The minimum Gasteiger partial charge on any atom is -0.394 e. The summed E-state index contributed by atoms with van der Waals surface area (Å²) in [5.41, 5.74) is 0. The van der Waals surface area contributed by atoms with Gasteiger partial charge >= 0.3 is 10.4 Å². The van der Waals surface area contributed by atoms with Crippen molar-refractivity contribution in [3.8, 4) is 0 Å². The molecule has 0 aliphatic heterocycles. The van der Waals surface area contributed by atoms with Crippen molar-refractivity contribution in [2.75, 3.05) is 13.2 Å². The molecule has 0 saturated carbocycles. The van der Waals surface area contributed by atoms with Gasteiger partial charge in [-0.1, -0.05) is 0 Å². The lowest BCUT2D eigenvalue weighted by Crippen LogP contribution is -2.46. The molecule has 11 nitrogen and oxygen atoms in total. The van der Waals surface area contributed by atoms with Crippen LogP contribution in [0.25, 0.3) is 0 Å². The van der Waals surface area contributed by atoms with Crippen molar-refractivity contribution in [2.24, 2.45) is 0 Å². The van der Waals surface area contributed by atoms with Crippen LogP contribution in [0.4, 0.5) is 0 Å². The van der Waals surface area contributed by atoms with Crippen LogP contribution in [0.3, 0.4) is 0 Å². The fourth-order valence-electron chi connectivity index (χ4n) is 0.671. The van der Waals surface area contributed by atoms with Crippen molar-refractivity contribution in [2.45, 2.75) is 24.4 Å². The van der Waals surface area contributed by atoms with Gasteiger partial charge in [0.15, 0.2) is 0 Å². The summed E-state index contributed by atoms with van der Waals surface area (Å²) in [6.45, 7) is -1.45. The van der Waals surface area contributed by atoms with Crippen molar-refractivity contribution in [3.05, 3.63) is 0 Å². The van der Waals surface area contributed by atoms with Crippen LogP contribution in [0.1, 0.15) is 0 Å². The summed E-state index contributed by atoms with van der Waals surface area (Å²) in [5, 5.41) is 52.2. The second kappa shape index (κ2) is 10.5. The lowest BCUT2D eigenvalue weighted by Gasteiger charge is -2.24. The zero-order valence-electron chi connectivity index (χ0n) is 9.23. The van der Waals surface area contributed by atoms with Gasteiger partial charge in [0.25, 0.3) is 0 Å². The van der Waals surface area contributed by atoms with Crippen LogP contribution in [0.15, 0.2) is 0 Å². The third kappa shape index (κ3) is 13.7. The molecule has 0 saturated heterocycles. The van der Waals surface area contributed by atoms with E-state index in [4.69, 9.17) is 48.2 Å². The maximum atomic E-state index is 8.96. The molecule has 0 rings (SSSR count). The fourth-order valence-corrected chi connectivity index (χ4v) is 0.671. The van der Waals surface area contributed by atoms with Crippen LogP contribution in [-0.2, 0) is 10.4 Å². The van der Waals surface area contributed by atoms with Gasteiger partial charge in [0.1, 0.15) is 24.4 Å². The third-order valence-electron chi connectivity index (χ3n) is 1.51. The summed E-state index contributed by atoms with van der Waals surface area (Å²) in [5.74, 6) is 0. The molecule has 0 unspecified atom stereocenters. The van der Waals surface area contributed by atoms with Crippen LogP contribution in [0, 0.1) is 0 Å². The molecule has 0 bridgehead atoms. The largest absolute Gasteiger partial charge is 0.394 e. The number of aliphatic hydroxyl groups is 6. The van der Waals surface area contributed by atoms with E-state index in [1.807, 2.05) is 0 Å². The lowest BCUT2D eigenvalue weighted by atomic mass is 10.0. The van der Waals surface area contributed by atoms with Gasteiger partial charge in [0.2, 0.25) is 0 Å². The summed E-state index contributed by atoms with van der Waals surface area (Å²) in [6.07, 6.45) is -6.39. The van der Waals surface area contributed by atoms with Gasteiger partial charge in [-0.15, -0.1) is 0 Å². The van der Waals surface area contributed by atoms with Crippen LogP contribution in [0.2, 0.25) is 0 Å². The predicted octanol–water partition coefficient (Wildman–Crippen LogP) is -4.08. The molecule has 11 N–H and O–H groups in total. The predicted molar refractivity (Wildman–Crippen MR) is 57.4 cm³/mol. The highest BCUT2D eigenvalue weighted by molar-refractivity contribution is 7.79. The average Bonchev–Trinajstić information content (AvgIpc) is 2.22. The van der Waals surface area contributed by atoms with Gasteiger partial charge in [0, 0.05) is 0 Å². The highest BCUT2D eigenvalue weighted by atomic mass is 32.3. The summed E-state index contributed by atoms with van der Waals surface area (Å²) >= 11 is 0. The second-order valence-electron chi connectivity index (χ2n) is 2.93. The molecule has 0 aliphatic carbocycles. The lowest BCUT2D eigenvalue weighted by molar-refractivity contribution is -0.123. The molecule has 0 radical (unpaired) electrons. The molecule has 0 aromatic carbocycles. The van der Waals surface area contributed by atoms with E-state index < -0.39 is 48.0 Å². The van der Waals surface area contributed by atoms with E-state index in [2.05, 4.69) is 0 Å². The smallest absolute Gasteiger partial charge is 0.394 e. The molecule has 18 heavy (non-hydrogen) atoms. The van der Waals surface area contributed by atoms with Crippen LogP contribution >= 0.6 is 0 Å². The Morgan fingerprint density at radius 1 is 0.778 bits per heavy atom. The van der Waals surface area contributed by atoms with Crippen molar-refractivity contribution < 1.29 is 48.2 Å². The molecule has 0 aromatic rings. The van der Waals surface area contributed by atoms with E-state index in [9.17, 15) is 0 Å². The van der Waals surface area contributed by atoms with Gasteiger partial charge in [-0.05, 0) is 0 Å². The number of hydrogen-bond donors (Lipinski definition) is 9. The number of aliphatic hydroxyl groups excluding tert-OH is 6. The molecule has 0 aromatic heterocycles. The fraction of sp³-hybridized carbons (Fsp3) is 1.00. The first-order valence-electron chi connectivity index (χ1n) is 4.18. The number of rotatable bonds is 5. The molecule has 0 aliphatic rings. The molecule has 0 heterocycles. The van der Waals surface area contributed by atoms with Crippen molar-refractivity contribution in [3.63, 3.8) is 0 Å². The van der Waals surface area contributed by atoms with Crippen molar-refractivity contribution in [1.82, 2.24) is 6.15 Å². The molecule has 0 fully saturated rings. The highest BCUT2D eigenvalue weighted by Crippen LogP contribution is 2.03. The topological polar surface area (TPSA) is 231 Å². The van der Waals surface area contributed by atoms with E-state index in [1.54, 1.807) is 0 Å². The Bertz CT molecular complexity index is 260. The molecule has 0 amide bonds. The van der Waals surface area contributed by atoms with Gasteiger partial charge in [-0.25, -0.2) is 0 Å². The minimum atomic E-state index is -4.67. The summed E-state index contributed by atoms with van der Waals surface area (Å²) in [4.78, 5) is 0. The molecule has 12 heteroatoms. The average molecular weight is 297 g/mol. The van der Waals surface area contributed by atoms with E-state index in [1.165, 1.54) is 0 Å². The zero-order chi connectivity index (χ0) is 14.2. The second-order valence-corrected chi connectivity index (χ2v) is 3.82. The SMILES string of the molecule is N.O=S(=O)(O)O.OC[C@@H](O)[C@@H](O)[C@H](O)[C@H](O)CO. The van der Waals surface area contributed by atoms with Crippen LogP contribution in [0.5, 0.6) is 0 Å². The normalized spacial score (nSPS) is 17.6. The Hall–Kier alpha value is -0.410. The zero-order valence-corrected chi connectivity index (χ0v) is 10.0. The van der Waals surface area contributed by atoms with E-state index in [0.717, 1.165) is 0 Å². The summed E-state index contributed by atoms with van der Waals surface area (Å²) in [6, 6.07) is 0. The van der Waals surface area contributed by atoms with Crippen molar-refractivity contribution >= 4 is 10.4 Å².